The van der Waals surface area contributed by atoms with Gasteiger partial charge in [0, 0.05) is 18.1 Å². The van der Waals surface area contributed by atoms with E-state index in [9.17, 15) is 28.9 Å². The van der Waals surface area contributed by atoms with E-state index in [2.05, 4.69) is 5.32 Å². The number of carbonyl (C=O) groups excluding carboxylic acids is 3. The van der Waals surface area contributed by atoms with Crippen LogP contribution >= 0.6 is 0 Å². The predicted octanol–water partition coefficient (Wildman–Crippen LogP) is 3.27. The fourth-order valence-electron chi connectivity index (χ4n) is 2.28. The van der Waals surface area contributed by atoms with Crippen LogP contribution in [0.25, 0.3) is 0 Å². The van der Waals surface area contributed by atoms with Gasteiger partial charge >= 0.3 is 5.97 Å². The number of halogens is 1. The van der Waals surface area contributed by atoms with Crippen molar-refractivity contribution in [3.05, 3.63) is 70.0 Å². The van der Waals surface area contributed by atoms with Gasteiger partial charge in [-0.1, -0.05) is 12.1 Å². The Morgan fingerprint density at radius 2 is 1.75 bits per heavy atom. The number of para-hydroxylation sites is 2. The average molecular weight is 388 g/mol. The highest BCUT2D eigenvalue weighted by Crippen LogP contribution is 2.23. The Morgan fingerprint density at radius 3 is 2.39 bits per heavy atom. The zero-order chi connectivity index (χ0) is 20.7. The van der Waals surface area contributed by atoms with Crippen molar-refractivity contribution < 1.29 is 28.4 Å². The first-order valence-corrected chi connectivity index (χ1v) is 8.30. The van der Waals surface area contributed by atoms with E-state index in [0.29, 0.717) is 0 Å². The maximum atomic E-state index is 12.8. The minimum atomic E-state index is -1.21. The zero-order valence-electron chi connectivity index (χ0n) is 14.9. The molecule has 146 valence electrons. The first kappa shape index (κ1) is 20.7. The van der Waals surface area contributed by atoms with Gasteiger partial charge in [-0.15, -0.1) is 0 Å². The normalized spacial score (nSPS) is 11.4. The molecule has 2 aromatic carbocycles. The van der Waals surface area contributed by atoms with Crippen LogP contribution in [-0.4, -0.2) is 28.7 Å². The molecule has 9 heteroatoms. The lowest BCUT2D eigenvalue weighted by Crippen LogP contribution is -2.30. The Labute approximate surface area is 159 Å². The van der Waals surface area contributed by atoms with Gasteiger partial charge in [-0.2, -0.15) is 0 Å². The lowest BCUT2D eigenvalue weighted by atomic mass is 10.1. The zero-order valence-corrected chi connectivity index (χ0v) is 14.9. The summed E-state index contributed by atoms with van der Waals surface area (Å²) >= 11 is 0. The van der Waals surface area contributed by atoms with Crippen LogP contribution < -0.4 is 5.32 Å². The molecule has 0 saturated carbocycles. The number of ether oxygens (including phenoxy) is 1. The third-order valence-corrected chi connectivity index (χ3v) is 3.76. The van der Waals surface area contributed by atoms with Gasteiger partial charge in [-0.3, -0.25) is 24.5 Å². The van der Waals surface area contributed by atoms with Gasteiger partial charge in [-0.05, 0) is 37.3 Å². The fraction of sp³-hybridized carbons (Fsp3) is 0.211. The van der Waals surface area contributed by atoms with Gasteiger partial charge in [0.2, 0.25) is 0 Å². The van der Waals surface area contributed by atoms with Gasteiger partial charge in [0.25, 0.3) is 11.6 Å². The molecular formula is C19H17FN2O6. The number of anilines is 1. The number of nitro groups is 1. The molecule has 1 amide bonds. The van der Waals surface area contributed by atoms with Crippen molar-refractivity contribution >= 4 is 29.0 Å². The third kappa shape index (κ3) is 5.70. The molecule has 2 aromatic rings. The van der Waals surface area contributed by atoms with E-state index in [1.165, 1.54) is 43.3 Å². The highest BCUT2D eigenvalue weighted by atomic mass is 19.1. The number of Topliss-reactive ketones (excluding diaryl/α,β-unsaturated/α-hetero) is 1. The lowest BCUT2D eigenvalue weighted by molar-refractivity contribution is -0.383. The number of nitrogens with one attached hydrogen (secondary N) is 1. The molecule has 0 bridgehead atoms. The number of hydrogen-bond acceptors (Lipinski definition) is 6. The van der Waals surface area contributed by atoms with E-state index in [1.54, 1.807) is 0 Å². The second-order valence-corrected chi connectivity index (χ2v) is 5.83. The van der Waals surface area contributed by atoms with Crippen LogP contribution in [-0.2, 0) is 14.3 Å². The van der Waals surface area contributed by atoms with E-state index in [4.69, 9.17) is 4.74 Å². The monoisotopic (exact) mass is 388 g/mol. The summed E-state index contributed by atoms with van der Waals surface area (Å²) in [4.78, 5) is 46.2. The summed E-state index contributed by atoms with van der Waals surface area (Å²) in [5.41, 5.74) is -0.0532. The number of carbonyl (C=O) groups is 3. The molecule has 8 nitrogen and oxygen atoms in total. The van der Waals surface area contributed by atoms with Crippen molar-refractivity contribution in [2.24, 2.45) is 0 Å². The molecule has 0 aliphatic heterocycles. The third-order valence-electron chi connectivity index (χ3n) is 3.76. The minimum absolute atomic E-state index is 0.0214. The van der Waals surface area contributed by atoms with Crippen LogP contribution in [0.15, 0.2) is 48.5 Å². The summed E-state index contributed by atoms with van der Waals surface area (Å²) in [5, 5.41) is 13.3. The number of rotatable bonds is 8. The van der Waals surface area contributed by atoms with Crippen molar-refractivity contribution in [2.75, 3.05) is 5.32 Å². The van der Waals surface area contributed by atoms with Crippen molar-refractivity contribution in [3.8, 4) is 0 Å². The SMILES string of the molecule is C[C@@H](OC(=O)CCC(=O)c1ccc(F)cc1)C(=O)Nc1ccccc1[N+](=O)[O-]. The molecule has 0 fully saturated rings. The Balaban J connectivity index is 1.86. The molecule has 28 heavy (non-hydrogen) atoms. The van der Waals surface area contributed by atoms with Crippen molar-refractivity contribution in [1.29, 1.82) is 0 Å². The molecule has 0 spiro atoms. The maximum Gasteiger partial charge on any atom is 0.307 e. The molecule has 0 heterocycles. The van der Waals surface area contributed by atoms with Gasteiger partial charge in [-0.25, -0.2) is 4.39 Å². The average Bonchev–Trinajstić information content (AvgIpc) is 2.66. The number of esters is 1. The second-order valence-electron chi connectivity index (χ2n) is 5.83. The summed E-state index contributed by atoms with van der Waals surface area (Å²) < 4.78 is 17.8. The highest BCUT2D eigenvalue weighted by Gasteiger charge is 2.22. The Hall–Kier alpha value is -3.62. The molecule has 1 atom stereocenters. The number of ketones is 1. The predicted molar refractivity (Wildman–Crippen MR) is 97.2 cm³/mol. The van der Waals surface area contributed by atoms with Gasteiger partial charge in [0.05, 0.1) is 11.3 Å². The van der Waals surface area contributed by atoms with Crippen molar-refractivity contribution in [2.45, 2.75) is 25.9 Å². The quantitative estimate of drug-likeness (QED) is 0.321. The molecule has 2 rings (SSSR count). The summed E-state index contributed by atoms with van der Waals surface area (Å²) in [6.07, 6.45) is -1.64. The highest BCUT2D eigenvalue weighted by molar-refractivity contribution is 5.98. The first-order valence-electron chi connectivity index (χ1n) is 8.30. The molecule has 0 radical (unpaired) electrons. The first-order chi connectivity index (χ1) is 13.3. The van der Waals surface area contributed by atoms with Crippen molar-refractivity contribution in [3.63, 3.8) is 0 Å². The van der Waals surface area contributed by atoms with Crippen LogP contribution in [0.5, 0.6) is 0 Å². The Morgan fingerprint density at radius 1 is 1.11 bits per heavy atom. The van der Waals surface area contributed by atoms with E-state index >= 15 is 0 Å². The standard InChI is InChI=1S/C19H17FN2O6/c1-12(19(25)21-15-4-2-3-5-16(15)22(26)27)28-18(24)11-10-17(23)13-6-8-14(20)9-7-13/h2-9,12H,10-11H2,1H3,(H,21,25)/t12-/m1/s1. The van der Waals surface area contributed by atoms with E-state index in [-0.39, 0.29) is 35.6 Å². The van der Waals surface area contributed by atoms with Gasteiger partial charge in [0.1, 0.15) is 11.5 Å². The summed E-state index contributed by atoms with van der Waals surface area (Å²) in [6, 6.07) is 10.5. The maximum absolute atomic E-state index is 12.8. The number of nitrogens with zero attached hydrogens (tertiary/aromatic N) is 1. The van der Waals surface area contributed by atoms with Gasteiger partial charge < -0.3 is 10.1 Å². The van der Waals surface area contributed by atoms with E-state index < -0.39 is 28.7 Å². The number of nitro benzene ring substituents is 1. The Kier molecular flexibility index (Phi) is 6.91. The van der Waals surface area contributed by atoms with Crippen LogP contribution in [0.1, 0.15) is 30.1 Å². The topological polar surface area (TPSA) is 116 Å². The minimum Gasteiger partial charge on any atom is -0.453 e. The van der Waals surface area contributed by atoms with E-state index in [1.807, 2.05) is 0 Å². The summed E-state index contributed by atoms with van der Waals surface area (Å²) in [5.74, 6) is -2.36. The van der Waals surface area contributed by atoms with Crippen molar-refractivity contribution in [1.82, 2.24) is 0 Å². The van der Waals surface area contributed by atoms with E-state index in [0.717, 1.165) is 12.1 Å². The van der Waals surface area contributed by atoms with Crippen LogP contribution in [0.3, 0.4) is 0 Å². The summed E-state index contributed by atoms with van der Waals surface area (Å²) in [7, 11) is 0. The molecule has 0 aliphatic rings. The second kappa shape index (κ2) is 9.36. The largest absolute Gasteiger partial charge is 0.453 e. The smallest absolute Gasteiger partial charge is 0.307 e. The summed E-state index contributed by atoms with van der Waals surface area (Å²) in [6.45, 7) is 1.31. The molecule has 1 N–H and O–H groups in total. The number of benzene rings is 2. The van der Waals surface area contributed by atoms with Crippen LogP contribution in [0, 0.1) is 15.9 Å². The molecule has 0 unspecified atom stereocenters. The number of amides is 1. The fourth-order valence-corrected chi connectivity index (χ4v) is 2.28. The molecule has 0 saturated heterocycles. The lowest BCUT2D eigenvalue weighted by Gasteiger charge is -2.13. The Bertz CT molecular complexity index is 898. The molecular weight excluding hydrogens is 371 g/mol. The molecule has 0 aromatic heterocycles. The number of hydrogen-bond donors (Lipinski definition) is 1. The van der Waals surface area contributed by atoms with Gasteiger partial charge in [0.15, 0.2) is 11.9 Å². The molecule has 0 aliphatic carbocycles. The van der Waals surface area contributed by atoms with Crippen LogP contribution in [0.2, 0.25) is 0 Å². The van der Waals surface area contributed by atoms with Crippen LogP contribution in [0.4, 0.5) is 15.8 Å².